The second kappa shape index (κ2) is 6.23. The SMILES string of the molecule is O[C@@H](CCCCl)Cc1cccc(Cl)n1. The Bertz CT molecular complexity index is 281. The van der Waals surface area contributed by atoms with Gasteiger partial charge in [-0.3, -0.25) is 0 Å². The lowest BCUT2D eigenvalue weighted by atomic mass is 10.1. The average molecular weight is 234 g/mol. The second-order valence-electron chi connectivity index (χ2n) is 3.14. The first-order valence-electron chi connectivity index (χ1n) is 4.58. The van der Waals surface area contributed by atoms with Crippen molar-refractivity contribution in [1.29, 1.82) is 0 Å². The molecule has 1 rings (SSSR count). The van der Waals surface area contributed by atoms with Gasteiger partial charge in [-0.2, -0.15) is 0 Å². The van der Waals surface area contributed by atoms with E-state index in [9.17, 15) is 5.11 Å². The van der Waals surface area contributed by atoms with Crippen LogP contribution in [0.2, 0.25) is 5.15 Å². The van der Waals surface area contributed by atoms with Crippen molar-refractivity contribution in [3.8, 4) is 0 Å². The molecule has 0 saturated heterocycles. The van der Waals surface area contributed by atoms with Crippen LogP contribution in [0, 0.1) is 0 Å². The van der Waals surface area contributed by atoms with Crippen molar-refractivity contribution < 1.29 is 5.11 Å². The van der Waals surface area contributed by atoms with Crippen molar-refractivity contribution in [1.82, 2.24) is 4.98 Å². The number of hydrogen-bond donors (Lipinski definition) is 1. The van der Waals surface area contributed by atoms with E-state index < -0.39 is 0 Å². The van der Waals surface area contributed by atoms with Crippen LogP contribution in [0.3, 0.4) is 0 Å². The van der Waals surface area contributed by atoms with Crippen LogP contribution < -0.4 is 0 Å². The lowest BCUT2D eigenvalue weighted by Gasteiger charge is -2.08. The first-order chi connectivity index (χ1) is 6.72. The molecule has 14 heavy (non-hydrogen) atoms. The van der Waals surface area contributed by atoms with Crippen molar-refractivity contribution in [2.45, 2.75) is 25.4 Å². The fraction of sp³-hybridized carbons (Fsp3) is 0.500. The van der Waals surface area contributed by atoms with Gasteiger partial charge in [-0.15, -0.1) is 11.6 Å². The molecule has 1 heterocycles. The Labute approximate surface area is 93.9 Å². The maximum atomic E-state index is 9.58. The van der Waals surface area contributed by atoms with E-state index in [1.54, 1.807) is 6.07 Å². The summed E-state index contributed by atoms with van der Waals surface area (Å²) < 4.78 is 0. The van der Waals surface area contributed by atoms with Crippen LogP contribution in [0.1, 0.15) is 18.5 Å². The van der Waals surface area contributed by atoms with Crippen molar-refractivity contribution in [2.75, 3.05) is 5.88 Å². The molecule has 0 unspecified atom stereocenters. The van der Waals surface area contributed by atoms with Gasteiger partial charge in [0.25, 0.3) is 0 Å². The molecule has 1 aromatic heterocycles. The van der Waals surface area contributed by atoms with Gasteiger partial charge in [-0.05, 0) is 25.0 Å². The van der Waals surface area contributed by atoms with E-state index in [-0.39, 0.29) is 6.10 Å². The van der Waals surface area contributed by atoms with Gasteiger partial charge in [-0.1, -0.05) is 17.7 Å². The van der Waals surface area contributed by atoms with Crippen LogP contribution in [0.15, 0.2) is 18.2 Å². The molecule has 0 amide bonds. The molecule has 0 aliphatic rings. The minimum atomic E-state index is -0.375. The van der Waals surface area contributed by atoms with Crippen LogP contribution in [-0.2, 0) is 6.42 Å². The summed E-state index contributed by atoms with van der Waals surface area (Å²) >= 11 is 11.2. The molecule has 4 heteroatoms. The van der Waals surface area contributed by atoms with Crippen molar-refractivity contribution in [3.05, 3.63) is 29.0 Å². The summed E-state index contributed by atoms with van der Waals surface area (Å²) in [6.07, 6.45) is 1.69. The quantitative estimate of drug-likeness (QED) is 0.627. The highest BCUT2D eigenvalue weighted by Gasteiger charge is 2.06. The fourth-order valence-electron chi connectivity index (χ4n) is 1.22. The summed E-state index contributed by atoms with van der Waals surface area (Å²) in [5, 5.41) is 10.0. The molecule has 1 N–H and O–H groups in total. The second-order valence-corrected chi connectivity index (χ2v) is 3.91. The third kappa shape index (κ3) is 4.27. The van der Waals surface area contributed by atoms with E-state index in [4.69, 9.17) is 23.2 Å². The van der Waals surface area contributed by atoms with Crippen LogP contribution in [0.4, 0.5) is 0 Å². The first kappa shape index (κ1) is 11.8. The van der Waals surface area contributed by atoms with E-state index in [1.807, 2.05) is 12.1 Å². The van der Waals surface area contributed by atoms with Gasteiger partial charge < -0.3 is 5.11 Å². The summed E-state index contributed by atoms with van der Waals surface area (Å²) in [6, 6.07) is 5.41. The molecule has 0 aliphatic heterocycles. The highest BCUT2D eigenvalue weighted by molar-refractivity contribution is 6.29. The van der Waals surface area contributed by atoms with Gasteiger partial charge in [0.2, 0.25) is 0 Å². The van der Waals surface area contributed by atoms with Gasteiger partial charge in [0, 0.05) is 18.0 Å². The first-order valence-corrected chi connectivity index (χ1v) is 5.49. The Hall–Kier alpha value is -0.310. The monoisotopic (exact) mass is 233 g/mol. The third-order valence-corrected chi connectivity index (χ3v) is 2.37. The van der Waals surface area contributed by atoms with Gasteiger partial charge >= 0.3 is 0 Å². The smallest absolute Gasteiger partial charge is 0.129 e. The molecule has 0 radical (unpaired) electrons. The number of rotatable bonds is 5. The molecule has 0 saturated carbocycles. The molecule has 0 aliphatic carbocycles. The number of halogens is 2. The zero-order chi connectivity index (χ0) is 10.4. The van der Waals surface area contributed by atoms with E-state index in [0.717, 1.165) is 12.1 Å². The zero-order valence-electron chi connectivity index (χ0n) is 7.79. The molecule has 1 aromatic rings. The molecule has 0 aromatic carbocycles. The number of hydrogen-bond acceptors (Lipinski definition) is 2. The highest BCUT2D eigenvalue weighted by atomic mass is 35.5. The Morgan fingerprint density at radius 2 is 2.21 bits per heavy atom. The Kier molecular flexibility index (Phi) is 5.23. The van der Waals surface area contributed by atoms with E-state index in [1.165, 1.54) is 0 Å². The Morgan fingerprint density at radius 3 is 2.86 bits per heavy atom. The largest absolute Gasteiger partial charge is 0.393 e. The summed E-state index contributed by atoms with van der Waals surface area (Å²) in [5.74, 6) is 0.583. The van der Waals surface area contributed by atoms with Gasteiger partial charge in [-0.25, -0.2) is 4.98 Å². The number of alkyl halides is 1. The molecular weight excluding hydrogens is 221 g/mol. The van der Waals surface area contributed by atoms with Crippen LogP contribution in [0.5, 0.6) is 0 Å². The van der Waals surface area contributed by atoms with Crippen LogP contribution in [0.25, 0.3) is 0 Å². The maximum absolute atomic E-state index is 9.58. The van der Waals surface area contributed by atoms with Crippen molar-refractivity contribution in [3.63, 3.8) is 0 Å². The lowest BCUT2D eigenvalue weighted by molar-refractivity contribution is 0.163. The topological polar surface area (TPSA) is 33.1 Å². The van der Waals surface area contributed by atoms with E-state index in [0.29, 0.717) is 23.9 Å². The molecule has 1 atom stereocenters. The zero-order valence-corrected chi connectivity index (χ0v) is 9.30. The van der Waals surface area contributed by atoms with Crippen molar-refractivity contribution >= 4 is 23.2 Å². The number of pyridine rings is 1. The summed E-state index contributed by atoms with van der Waals surface area (Å²) in [5.41, 5.74) is 0.819. The summed E-state index contributed by atoms with van der Waals surface area (Å²) in [6.45, 7) is 0. The normalized spacial score (nSPS) is 12.8. The highest BCUT2D eigenvalue weighted by Crippen LogP contribution is 2.09. The lowest BCUT2D eigenvalue weighted by Crippen LogP contribution is -2.11. The van der Waals surface area contributed by atoms with Gasteiger partial charge in [0.15, 0.2) is 0 Å². The number of nitrogens with zero attached hydrogens (tertiary/aromatic N) is 1. The minimum absolute atomic E-state index is 0.375. The van der Waals surface area contributed by atoms with Gasteiger partial charge in [0.1, 0.15) is 5.15 Å². The molecular formula is C10H13Cl2NO. The van der Waals surface area contributed by atoms with Crippen LogP contribution >= 0.6 is 23.2 Å². The fourth-order valence-corrected chi connectivity index (χ4v) is 1.56. The molecule has 0 bridgehead atoms. The van der Waals surface area contributed by atoms with E-state index in [2.05, 4.69) is 4.98 Å². The van der Waals surface area contributed by atoms with Gasteiger partial charge in [0.05, 0.1) is 6.10 Å². The molecule has 2 nitrogen and oxygen atoms in total. The molecule has 0 spiro atoms. The Morgan fingerprint density at radius 1 is 1.43 bits per heavy atom. The predicted octanol–water partition coefficient (Wildman–Crippen LogP) is 2.66. The van der Waals surface area contributed by atoms with Crippen molar-refractivity contribution in [2.24, 2.45) is 0 Å². The maximum Gasteiger partial charge on any atom is 0.129 e. The number of aliphatic hydroxyl groups excluding tert-OH is 1. The summed E-state index contributed by atoms with van der Waals surface area (Å²) in [7, 11) is 0. The van der Waals surface area contributed by atoms with E-state index >= 15 is 0 Å². The third-order valence-electron chi connectivity index (χ3n) is 1.89. The predicted molar refractivity (Wildman–Crippen MR) is 58.9 cm³/mol. The Balaban J connectivity index is 2.43. The average Bonchev–Trinajstić information content (AvgIpc) is 2.15. The minimum Gasteiger partial charge on any atom is -0.393 e. The number of aliphatic hydroxyl groups is 1. The van der Waals surface area contributed by atoms with Crippen LogP contribution in [-0.4, -0.2) is 22.1 Å². The molecule has 0 fully saturated rings. The standard InChI is InChI=1S/C10H13Cl2NO/c11-6-2-4-9(14)7-8-3-1-5-10(12)13-8/h1,3,5,9,14H,2,4,6-7H2/t9-/m0/s1. The number of aromatic nitrogens is 1. The summed E-state index contributed by atoms with van der Waals surface area (Å²) in [4.78, 5) is 4.09. The molecule has 78 valence electrons.